The Balaban J connectivity index is 2.17. The number of halogens is 2. The van der Waals surface area contributed by atoms with Crippen LogP contribution in [0.2, 0.25) is 0 Å². The van der Waals surface area contributed by atoms with E-state index in [0.717, 1.165) is 5.56 Å². The van der Waals surface area contributed by atoms with Gasteiger partial charge in [0.25, 0.3) is 0 Å². The molecule has 2 aromatic carbocycles. The molecule has 0 fully saturated rings. The van der Waals surface area contributed by atoms with Crippen LogP contribution in [0.1, 0.15) is 22.8 Å². The van der Waals surface area contributed by atoms with Gasteiger partial charge in [-0.15, -0.1) is 0 Å². The average molecular weight is 370 g/mol. The van der Waals surface area contributed by atoms with Crippen molar-refractivity contribution in [1.29, 1.82) is 0 Å². The maximum atomic E-state index is 13.8. The summed E-state index contributed by atoms with van der Waals surface area (Å²) >= 11 is 2.00. The Morgan fingerprint density at radius 1 is 1.26 bits per heavy atom. The van der Waals surface area contributed by atoms with E-state index in [0.29, 0.717) is 15.7 Å². The molecule has 0 unspecified atom stereocenters. The Labute approximate surface area is 124 Å². The van der Waals surface area contributed by atoms with Gasteiger partial charge in [-0.2, -0.15) is 0 Å². The van der Waals surface area contributed by atoms with Gasteiger partial charge in [-0.3, -0.25) is 4.79 Å². The number of rotatable bonds is 4. The van der Waals surface area contributed by atoms with Gasteiger partial charge in [0.2, 0.25) is 0 Å². The molecule has 0 spiro atoms. The Bertz CT molecular complexity index is 597. The molecule has 98 valence electrons. The van der Waals surface area contributed by atoms with Gasteiger partial charge in [-0.05, 0) is 47.2 Å². The predicted molar refractivity (Wildman–Crippen MR) is 79.9 cm³/mol. The van der Waals surface area contributed by atoms with E-state index in [2.05, 4.69) is 0 Å². The van der Waals surface area contributed by atoms with E-state index >= 15 is 0 Å². The van der Waals surface area contributed by atoms with Crippen LogP contribution in [-0.2, 0) is 6.61 Å². The van der Waals surface area contributed by atoms with Crippen LogP contribution >= 0.6 is 22.6 Å². The second-order valence-corrected chi connectivity index (χ2v) is 5.26. The fourth-order valence-corrected chi connectivity index (χ4v) is 2.46. The summed E-state index contributed by atoms with van der Waals surface area (Å²) in [5.74, 6) is -0.502. The first kappa shape index (κ1) is 14.0. The number of Topliss-reactive ketones (excluding diaryl/α,β-unsaturated/α-hetero) is 1. The Hall–Kier alpha value is -1.43. The number of ketones is 1. The first-order chi connectivity index (χ1) is 9.08. The lowest BCUT2D eigenvalue weighted by molar-refractivity contribution is 0.101. The number of carbonyl (C=O) groups is 1. The zero-order valence-electron chi connectivity index (χ0n) is 10.3. The molecule has 0 bridgehead atoms. The fraction of sp³-hybridized carbons (Fsp3) is 0.133. The van der Waals surface area contributed by atoms with E-state index < -0.39 is 5.82 Å². The molecule has 0 amide bonds. The number of ether oxygens (including phenoxy) is 1. The summed E-state index contributed by atoms with van der Waals surface area (Å²) in [5, 5.41) is 0. The monoisotopic (exact) mass is 370 g/mol. The first-order valence-corrected chi connectivity index (χ1v) is 6.82. The van der Waals surface area contributed by atoms with Crippen molar-refractivity contribution in [2.45, 2.75) is 13.5 Å². The number of hydrogen-bond donors (Lipinski definition) is 0. The molecule has 2 rings (SSSR count). The molecule has 19 heavy (non-hydrogen) atoms. The van der Waals surface area contributed by atoms with E-state index in [1.807, 2.05) is 52.9 Å². The summed E-state index contributed by atoms with van der Waals surface area (Å²) in [6, 6.07) is 12.3. The van der Waals surface area contributed by atoms with Crippen molar-refractivity contribution < 1.29 is 13.9 Å². The van der Waals surface area contributed by atoms with Gasteiger partial charge in [-0.1, -0.05) is 30.3 Å². The highest BCUT2D eigenvalue weighted by Gasteiger charge is 2.12. The minimum absolute atomic E-state index is 0.155. The maximum absolute atomic E-state index is 13.8. The maximum Gasteiger partial charge on any atom is 0.165 e. The zero-order chi connectivity index (χ0) is 13.8. The van der Waals surface area contributed by atoms with Crippen molar-refractivity contribution in [3.8, 4) is 5.75 Å². The number of carbonyl (C=O) groups excluding carboxylic acids is 1. The molecule has 2 aromatic rings. The van der Waals surface area contributed by atoms with Gasteiger partial charge >= 0.3 is 0 Å². The highest BCUT2D eigenvalue weighted by molar-refractivity contribution is 14.1. The van der Waals surface area contributed by atoms with E-state index in [9.17, 15) is 9.18 Å². The van der Waals surface area contributed by atoms with Crippen LogP contribution in [0.4, 0.5) is 4.39 Å². The quantitative estimate of drug-likeness (QED) is 0.595. The third-order valence-electron chi connectivity index (χ3n) is 2.64. The molecule has 0 atom stereocenters. The van der Waals surface area contributed by atoms with E-state index in [1.165, 1.54) is 13.0 Å². The summed E-state index contributed by atoms with van der Waals surface area (Å²) in [6.45, 7) is 1.72. The van der Waals surface area contributed by atoms with Crippen molar-refractivity contribution in [1.82, 2.24) is 0 Å². The summed E-state index contributed by atoms with van der Waals surface area (Å²) in [7, 11) is 0. The molecule has 0 aliphatic heterocycles. The normalized spacial score (nSPS) is 10.3. The van der Waals surface area contributed by atoms with Crippen molar-refractivity contribution in [2.75, 3.05) is 0 Å². The third kappa shape index (κ3) is 3.53. The van der Waals surface area contributed by atoms with Gasteiger partial charge in [-0.25, -0.2) is 4.39 Å². The summed E-state index contributed by atoms with van der Waals surface area (Å²) in [5.41, 5.74) is 1.35. The number of benzene rings is 2. The lowest BCUT2D eigenvalue weighted by Crippen LogP contribution is -2.02. The molecule has 0 N–H and O–H groups in total. The van der Waals surface area contributed by atoms with Crippen LogP contribution in [0.15, 0.2) is 42.5 Å². The Morgan fingerprint density at radius 2 is 1.95 bits per heavy atom. The highest BCUT2D eigenvalue weighted by atomic mass is 127. The summed E-state index contributed by atoms with van der Waals surface area (Å²) in [6.07, 6.45) is 0. The second kappa shape index (κ2) is 6.14. The van der Waals surface area contributed by atoms with Crippen LogP contribution in [0.25, 0.3) is 0 Å². The van der Waals surface area contributed by atoms with Gasteiger partial charge in [0.15, 0.2) is 17.3 Å². The van der Waals surface area contributed by atoms with E-state index in [1.54, 1.807) is 6.07 Å². The van der Waals surface area contributed by atoms with Crippen molar-refractivity contribution in [3.05, 3.63) is 63.0 Å². The molecule has 0 aromatic heterocycles. The molecule has 0 aliphatic carbocycles. The van der Waals surface area contributed by atoms with Gasteiger partial charge in [0.05, 0.1) is 0 Å². The van der Waals surface area contributed by atoms with E-state index in [4.69, 9.17) is 4.74 Å². The first-order valence-electron chi connectivity index (χ1n) is 5.74. The summed E-state index contributed by atoms with van der Waals surface area (Å²) in [4.78, 5) is 11.3. The van der Waals surface area contributed by atoms with Crippen molar-refractivity contribution in [3.63, 3.8) is 0 Å². The summed E-state index contributed by atoms with van der Waals surface area (Å²) < 4.78 is 19.9. The third-order valence-corrected chi connectivity index (χ3v) is 3.53. The van der Waals surface area contributed by atoms with Crippen LogP contribution in [-0.4, -0.2) is 5.78 Å². The molecule has 2 nitrogen and oxygen atoms in total. The second-order valence-electron chi connectivity index (χ2n) is 4.09. The highest BCUT2D eigenvalue weighted by Crippen LogP contribution is 2.25. The van der Waals surface area contributed by atoms with Crippen molar-refractivity contribution >= 4 is 28.4 Å². The molecular formula is C15H12FIO2. The van der Waals surface area contributed by atoms with Crippen LogP contribution in [0, 0.1) is 9.39 Å². The standard InChI is InChI=1S/C15H12FIO2/c1-10(18)12-7-13(16)15(8-14(12)17)19-9-11-5-3-2-4-6-11/h2-8H,9H2,1H3. The topological polar surface area (TPSA) is 26.3 Å². The van der Waals surface area contributed by atoms with Gasteiger partial charge < -0.3 is 4.74 Å². The predicted octanol–water partition coefficient (Wildman–Crippen LogP) is 4.21. The lowest BCUT2D eigenvalue weighted by Gasteiger charge is -2.09. The fourth-order valence-electron chi connectivity index (χ4n) is 1.64. The minimum atomic E-state index is -0.512. The molecule has 0 aliphatic rings. The van der Waals surface area contributed by atoms with Crippen LogP contribution < -0.4 is 4.74 Å². The molecule has 0 heterocycles. The molecule has 4 heteroatoms. The molecule has 0 radical (unpaired) electrons. The van der Waals surface area contributed by atoms with Gasteiger partial charge in [0.1, 0.15) is 6.61 Å². The Kier molecular flexibility index (Phi) is 4.52. The SMILES string of the molecule is CC(=O)c1cc(F)c(OCc2ccccc2)cc1I. The zero-order valence-corrected chi connectivity index (χ0v) is 12.5. The molecule has 0 saturated heterocycles. The smallest absolute Gasteiger partial charge is 0.165 e. The lowest BCUT2D eigenvalue weighted by atomic mass is 10.1. The Morgan fingerprint density at radius 3 is 2.58 bits per heavy atom. The average Bonchev–Trinajstić information content (AvgIpc) is 2.40. The molecular weight excluding hydrogens is 358 g/mol. The van der Waals surface area contributed by atoms with Crippen molar-refractivity contribution in [2.24, 2.45) is 0 Å². The van der Waals surface area contributed by atoms with Gasteiger partial charge in [0, 0.05) is 9.13 Å². The number of hydrogen-bond acceptors (Lipinski definition) is 2. The van der Waals surface area contributed by atoms with Crippen LogP contribution in [0.5, 0.6) is 5.75 Å². The minimum Gasteiger partial charge on any atom is -0.486 e. The van der Waals surface area contributed by atoms with E-state index in [-0.39, 0.29) is 11.5 Å². The molecule has 0 saturated carbocycles. The van der Waals surface area contributed by atoms with Crippen LogP contribution in [0.3, 0.4) is 0 Å². The largest absolute Gasteiger partial charge is 0.486 e.